The highest BCUT2D eigenvalue weighted by Crippen LogP contribution is 2.32. The van der Waals surface area contributed by atoms with Crippen LogP contribution in [-0.4, -0.2) is 44.8 Å². The number of nitrogens with zero attached hydrogens (tertiary/aromatic N) is 2. The summed E-state index contributed by atoms with van der Waals surface area (Å²) in [6.45, 7) is 3.66. The van der Waals surface area contributed by atoms with Crippen molar-refractivity contribution >= 4 is 38.4 Å². The predicted octanol–water partition coefficient (Wildman–Crippen LogP) is 3.46. The number of carbonyl (C=O) groups is 1. The SMILES string of the molecule is Cc1ccc2ccccc2c1C(=O)N1CCC[C@H](COc2cccc3c2C(N)=NS(=O)(=O)N3)C1. The second-order valence-corrected chi connectivity index (χ2v) is 10.1. The van der Waals surface area contributed by atoms with Crippen LogP contribution >= 0.6 is 0 Å². The van der Waals surface area contributed by atoms with Crippen LogP contribution in [0.5, 0.6) is 5.75 Å². The minimum atomic E-state index is -3.85. The van der Waals surface area contributed by atoms with E-state index in [-0.39, 0.29) is 17.7 Å². The molecule has 0 radical (unpaired) electrons. The molecule has 3 aromatic carbocycles. The normalized spacial score (nSPS) is 19.1. The summed E-state index contributed by atoms with van der Waals surface area (Å²) in [5.74, 6) is 0.551. The standard InChI is InChI=1S/C25H26N4O4S/c1-16-11-12-18-7-2-3-8-19(18)22(16)25(30)29-13-5-6-17(14-29)15-33-21-10-4-9-20-23(21)24(26)28-34(31,32)27-20/h2-4,7-12,17,27H,5-6,13-15H2,1H3,(H2,26,28)/t17-/m0/s1. The van der Waals surface area contributed by atoms with Gasteiger partial charge in [-0.25, -0.2) is 0 Å². The number of amides is 1. The number of ether oxygens (including phenoxy) is 1. The Morgan fingerprint density at radius 2 is 2.00 bits per heavy atom. The van der Waals surface area contributed by atoms with Crippen LogP contribution in [0.4, 0.5) is 5.69 Å². The molecule has 0 spiro atoms. The number of hydrogen-bond donors (Lipinski definition) is 2. The van der Waals surface area contributed by atoms with Gasteiger partial charge in [-0.15, -0.1) is 4.40 Å². The van der Waals surface area contributed by atoms with Gasteiger partial charge in [0, 0.05) is 19.0 Å². The van der Waals surface area contributed by atoms with Crippen molar-refractivity contribution in [3.63, 3.8) is 0 Å². The van der Waals surface area contributed by atoms with Gasteiger partial charge in [-0.1, -0.05) is 42.5 Å². The van der Waals surface area contributed by atoms with Gasteiger partial charge >= 0.3 is 10.2 Å². The number of amidine groups is 1. The van der Waals surface area contributed by atoms with Gasteiger partial charge < -0.3 is 15.4 Å². The number of rotatable bonds is 4. The summed E-state index contributed by atoms with van der Waals surface area (Å²) in [4.78, 5) is 15.5. The third kappa shape index (κ3) is 4.19. The second-order valence-electron chi connectivity index (χ2n) is 8.78. The highest BCUT2D eigenvalue weighted by Gasteiger charge is 2.28. The van der Waals surface area contributed by atoms with E-state index >= 15 is 0 Å². The first-order valence-electron chi connectivity index (χ1n) is 11.2. The largest absolute Gasteiger partial charge is 0.492 e. The lowest BCUT2D eigenvalue weighted by Crippen LogP contribution is -2.42. The van der Waals surface area contributed by atoms with Crippen molar-refractivity contribution in [3.8, 4) is 5.75 Å². The molecule has 9 heteroatoms. The number of likely N-dealkylation sites (tertiary alicyclic amines) is 1. The monoisotopic (exact) mass is 478 g/mol. The Labute approximate surface area is 198 Å². The van der Waals surface area contributed by atoms with Crippen molar-refractivity contribution in [1.29, 1.82) is 0 Å². The maximum Gasteiger partial charge on any atom is 0.344 e. The first-order valence-corrected chi connectivity index (χ1v) is 12.7. The molecule has 0 saturated carbocycles. The Balaban J connectivity index is 1.33. The maximum absolute atomic E-state index is 13.5. The van der Waals surface area contributed by atoms with Crippen LogP contribution in [-0.2, 0) is 10.2 Å². The Morgan fingerprint density at radius 1 is 1.18 bits per heavy atom. The summed E-state index contributed by atoms with van der Waals surface area (Å²) >= 11 is 0. The van der Waals surface area contributed by atoms with E-state index in [1.54, 1.807) is 18.2 Å². The van der Waals surface area contributed by atoms with E-state index in [1.807, 2.05) is 48.2 Å². The number of nitrogens with two attached hydrogens (primary N) is 1. The molecule has 1 amide bonds. The zero-order valence-corrected chi connectivity index (χ0v) is 19.6. The lowest BCUT2D eigenvalue weighted by molar-refractivity contribution is 0.0634. The average Bonchev–Trinajstić information content (AvgIpc) is 2.81. The van der Waals surface area contributed by atoms with Crippen LogP contribution in [0.15, 0.2) is 59.0 Å². The minimum Gasteiger partial charge on any atom is -0.492 e. The lowest BCUT2D eigenvalue weighted by Gasteiger charge is -2.33. The third-order valence-corrected chi connectivity index (χ3v) is 7.29. The Morgan fingerprint density at radius 3 is 2.85 bits per heavy atom. The molecule has 5 rings (SSSR count). The first-order chi connectivity index (χ1) is 16.3. The summed E-state index contributed by atoms with van der Waals surface area (Å²) in [6, 6.07) is 17.1. The van der Waals surface area contributed by atoms with Gasteiger partial charge in [0.25, 0.3) is 5.91 Å². The van der Waals surface area contributed by atoms with Gasteiger partial charge in [0.05, 0.1) is 23.4 Å². The Kier molecular flexibility index (Phi) is 5.65. The molecule has 1 atom stereocenters. The number of aryl methyl sites for hydroxylation is 1. The zero-order valence-electron chi connectivity index (χ0n) is 18.8. The molecule has 0 bridgehead atoms. The average molecular weight is 479 g/mol. The number of piperidine rings is 1. The van der Waals surface area contributed by atoms with Crippen molar-refractivity contribution in [1.82, 2.24) is 4.90 Å². The molecule has 34 heavy (non-hydrogen) atoms. The van der Waals surface area contributed by atoms with Crippen LogP contribution in [0.1, 0.15) is 34.3 Å². The van der Waals surface area contributed by atoms with Gasteiger partial charge in [0.2, 0.25) is 0 Å². The fourth-order valence-corrected chi connectivity index (χ4v) is 5.60. The predicted molar refractivity (Wildman–Crippen MR) is 133 cm³/mol. The van der Waals surface area contributed by atoms with Crippen molar-refractivity contribution < 1.29 is 17.9 Å². The fourth-order valence-electron chi connectivity index (χ4n) is 4.75. The number of fused-ring (bicyclic) bond motifs is 2. The number of carbonyl (C=O) groups excluding carboxylic acids is 1. The summed E-state index contributed by atoms with van der Waals surface area (Å²) in [5.41, 5.74) is 8.42. The molecule has 3 aromatic rings. The second kappa shape index (κ2) is 8.64. The lowest BCUT2D eigenvalue weighted by atomic mass is 9.95. The number of anilines is 1. The number of nitrogens with one attached hydrogen (secondary N) is 1. The molecule has 176 valence electrons. The van der Waals surface area contributed by atoms with Crippen molar-refractivity contribution in [2.75, 3.05) is 24.4 Å². The summed E-state index contributed by atoms with van der Waals surface area (Å²) in [7, 11) is -3.85. The van der Waals surface area contributed by atoms with Crippen molar-refractivity contribution in [2.24, 2.45) is 16.0 Å². The fraction of sp³-hybridized carbons (Fsp3) is 0.280. The van der Waals surface area contributed by atoms with Gasteiger partial charge in [0.1, 0.15) is 5.75 Å². The minimum absolute atomic E-state index is 0.0434. The number of benzene rings is 3. The molecule has 0 aromatic heterocycles. The molecule has 2 aliphatic rings. The molecule has 1 saturated heterocycles. The van der Waals surface area contributed by atoms with Crippen LogP contribution in [0.2, 0.25) is 0 Å². The van der Waals surface area contributed by atoms with E-state index in [9.17, 15) is 13.2 Å². The van der Waals surface area contributed by atoms with Gasteiger partial charge in [-0.2, -0.15) is 8.42 Å². The van der Waals surface area contributed by atoms with Gasteiger partial charge in [-0.3, -0.25) is 9.52 Å². The molecule has 0 unspecified atom stereocenters. The number of hydrogen-bond acceptors (Lipinski definition) is 5. The van der Waals surface area contributed by atoms with Crippen LogP contribution in [0.3, 0.4) is 0 Å². The molecule has 8 nitrogen and oxygen atoms in total. The van der Waals surface area contributed by atoms with Gasteiger partial charge in [-0.05, 0) is 48.2 Å². The van der Waals surface area contributed by atoms with E-state index in [0.717, 1.165) is 34.7 Å². The van der Waals surface area contributed by atoms with E-state index in [1.165, 1.54) is 0 Å². The van der Waals surface area contributed by atoms with Crippen LogP contribution in [0.25, 0.3) is 10.8 Å². The quantitative estimate of drug-likeness (QED) is 0.596. The molecular formula is C25H26N4O4S. The van der Waals surface area contributed by atoms with E-state index < -0.39 is 10.2 Å². The molecule has 3 N–H and O–H groups in total. The summed E-state index contributed by atoms with van der Waals surface area (Å²) < 4.78 is 35.6. The first kappa shape index (κ1) is 22.2. The molecule has 2 heterocycles. The van der Waals surface area contributed by atoms with E-state index in [4.69, 9.17) is 10.5 Å². The molecule has 2 aliphatic heterocycles. The zero-order chi connectivity index (χ0) is 23.9. The Hall–Kier alpha value is -3.59. The maximum atomic E-state index is 13.5. The molecule has 0 aliphatic carbocycles. The molecule has 1 fully saturated rings. The highest BCUT2D eigenvalue weighted by molar-refractivity contribution is 7.91. The summed E-state index contributed by atoms with van der Waals surface area (Å²) in [6.07, 6.45) is 1.82. The van der Waals surface area contributed by atoms with E-state index in [0.29, 0.717) is 36.7 Å². The van der Waals surface area contributed by atoms with Crippen molar-refractivity contribution in [3.05, 3.63) is 71.3 Å². The van der Waals surface area contributed by atoms with Gasteiger partial charge in [0.15, 0.2) is 5.84 Å². The highest BCUT2D eigenvalue weighted by atomic mass is 32.2. The van der Waals surface area contributed by atoms with Crippen LogP contribution < -0.4 is 15.2 Å². The Bertz CT molecular complexity index is 1420. The topological polar surface area (TPSA) is 114 Å². The van der Waals surface area contributed by atoms with Crippen molar-refractivity contribution in [2.45, 2.75) is 19.8 Å². The summed E-state index contributed by atoms with van der Waals surface area (Å²) in [5, 5.41) is 2.02. The smallest absolute Gasteiger partial charge is 0.344 e. The van der Waals surface area contributed by atoms with E-state index in [2.05, 4.69) is 9.12 Å². The third-order valence-electron chi connectivity index (χ3n) is 6.37. The van der Waals surface area contributed by atoms with Crippen LogP contribution in [0, 0.1) is 12.8 Å². The molecular weight excluding hydrogens is 452 g/mol.